The van der Waals surface area contributed by atoms with Crippen LogP contribution >= 0.6 is 7.82 Å². The summed E-state index contributed by atoms with van der Waals surface area (Å²) in [5, 5.41) is 0. The molecule has 1 aliphatic heterocycles. The number of phosphoric acid groups is 1. The van der Waals surface area contributed by atoms with Crippen LogP contribution in [0.3, 0.4) is 0 Å². The maximum atomic E-state index is 12.2. The molecule has 0 bridgehead atoms. The normalized spacial score (nSPS) is 23.5. The van der Waals surface area contributed by atoms with Crippen molar-refractivity contribution in [3.63, 3.8) is 0 Å². The van der Waals surface area contributed by atoms with Crippen LogP contribution in [-0.4, -0.2) is 33.9 Å². The first kappa shape index (κ1) is 24.9. The maximum Gasteiger partial charge on any atom is 0.472 e. The molecule has 1 aliphatic carbocycles. The molecule has 2 aliphatic rings. The number of phosphoric ester groups is 1. The van der Waals surface area contributed by atoms with E-state index in [0.717, 1.165) is 37.0 Å². The second-order valence-electron chi connectivity index (χ2n) is 9.99. The van der Waals surface area contributed by atoms with Gasteiger partial charge < -0.3 is 15.4 Å². The molecule has 1 atom stereocenters. The lowest BCUT2D eigenvalue weighted by molar-refractivity contribution is 0.0736. The lowest BCUT2D eigenvalue weighted by Crippen LogP contribution is -2.41. The smallest absolute Gasteiger partial charge is 0.463 e. The van der Waals surface area contributed by atoms with Crippen LogP contribution in [0.25, 0.3) is 0 Å². The highest BCUT2D eigenvalue weighted by atomic mass is 31.2. The van der Waals surface area contributed by atoms with Crippen LogP contribution in [0.2, 0.25) is 0 Å². The number of hydrogen-bond acceptors (Lipinski definition) is 7. The van der Waals surface area contributed by atoms with Crippen molar-refractivity contribution in [1.82, 2.24) is 4.98 Å². The van der Waals surface area contributed by atoms with Gasteiger partial charge in [-0.25, -0.2) is 14.5 Å². The number of nitrogen functional groups attached to an aromatic ring is 1. The highest BCUT2D eigenvalue weighted by Gasteiger charge is 2.35. The summed E-state index contributed by atoms with van der Waals surface area (Å²) in [7, 11) is -4.01. The first-order valence-corrected chi connectivity index (χ1v) is 13.3. The lowest BCUT2D eigenvalue weighted by Gasteiger charge is -2.32. The van der Waals surface area contributed by atoms with E-state index in [2.05, 4.69) is 29.2 Å². The molecule has 2 aromatic rings. The van der Waals surface area contributed by atoms with E-state index in [9.17, 15) is 9.46 Å². The molecule has 9 heteroatoms. The quantitative estimate of drug-likeness (QED) is 0.476. The molecule has 184 valence electrons. The summed E-state index contributed by atoms with van der Waals surface area (Å²) in [5.74, 6) is 0.997. The van der Waals surface area contributed by atoms with Gasteiger partial charge in [0.2, 0.25) is 5.88 Å². The number of nitrogens with two attached hydrogens (primary N) is 1. The standard InChI is InChI=1S/C25H34N3O5P/c1-16(2)15-31-34(29,30)33-20-11-9-18(10-12-20)17-5-7-19(8-6-17)23-25(3,4)32-24-22(28-23)21(26)13-14-27-24/h5-8,13-14,16,18,20H,9-12,15H2,1-4H3,(H2,26,27)(H,29,30). The number of aromatic nitrogens is 1. The van der Waals surface area contributed by atoms with Crippen LogP contribution in [0.1, 0.15) is 70.4 Å². The zero-order valence-corrected chi connectivity index (χ0v) is 21.1. The number of anilines is 1. The third-order valence-electron chi connectivity index (χ3n) is 6.25. The van der Waals surface area contributed by atoms with Gasteiger partial charge in [-0.3, -0.25) is 9.05 Å². The van der Waals surface area contributed by atoms with Gasteiger partial charge in [0.25, 0.3) is 0 Å². The topological polar surface area (TPSA) is 116 Å². The van der Waals surface area contributed by atoms with Crippen molar-refractivity contribution < 1.29 is 23.2 Å². The Hall–Kier alpha value is -2.25. The van der Waals surface area contributed by atoms with Crippen LogP contribution in [0.5, 0.6) is 5.88 Å². The summed E-state index contributed by atoms with van der Waals surface area (Å²) < 4.78 is 28.8. The summed E-state index contributed by atoms with van der Waals surface area (Å²) in [4.78, 5) is 19.0. The van der Waals surface area contributed by atoms with Gasteiger partial charge in [-0.1, -0.05) is 38.1 Å². The summed E-state index contributed by atoms with van der Waals surface area (Å²) >= 11 is 0. The molecule has 0 spiro atoms. The molecule has 3 N–H and O–H groups in total. The fourth-order valence-electron chi connectivity index (χ4n) is 4.46. The third-order valence-corrected chi connectivity index (χ3v) is 7.29. The van der Waals surface area contributed by atoms with E-state index in [1.807, 2.05) is 27.7 Å². The Kier molecular flexibility index (Phi) is 7.15. The van der Waals surface area contributed by atoms with Crippen molar-refractivity contribution in [2.75, 3.05) is 12.3 Å². The molecule has 0 radical (unpaired) electrons. The van der Waals surface area contributed by atoms with E-state index in [4.69, 9.17) is 24.5 Å². The molecule has 0 saturated heterocycles. The second-order valence-corrected chi connectivity index (χ2v) is 11.4. The number of fused-ring (bicyclic) bond motifs is 1. The maximum absolute atomic E-state index is 12.2. The molecule has 1 unspecified atom stereocenters. The number of benzene rings is 1. The molecule has 1 aromatic carbocycles. The zero-order valence-electron chi connectivity index (χ0n) is 20.2. The molecule has 1 aromatic heterocycles. The number of rotatable bonds is 7. The fourth-order valence-corrected chi connectivity index (χ4v) is 5.60. The number of pyridine rings is 1. The van der Waals surface area contributed by atoms with E-state index in [1.54, 1.807) is 12.3 Å². The van der Waals surface area contributed by atoms with E-state index in [0.29, 0.717) is 23.2 Å². The molecule has 0 amide bonds. The Morgan fingerprint density at radius 2 is 1.85 bits per heavy atom. The number of hydrogen-bond donors (Lipinski definition) is 2. The van der Waals surface area contributed by atoms with E-state index in [-0.39, 0.29) is 18.6 Å². The van der Waals surface area contributed by atoms with Gasteiger partial charge in [0.15, 0.2) is 0 Å². The Labute approximate surface area is 201 Å². The van der Waals surface area contributed by atoms with Gasteiger partial charge in [0.05, 0.1) is 24.1 Å². The summed E-state index contributed by atoms with van der Waals surface area (Å²) in [6.45, 7) is 8.00. The van der Waals surface area contributed by atoms with Crippen LogP contribution in [-0.2, 0) is 13.6 Å². The lowest BCUT2D eigenvalue weighted by atomic mass is 9.82. The molecule has 34 heavy (non-hydrogen) atoms. The van der Waals surface area contributed by atoms with Crippen LogP contribution < -0.4 is 10.5 Å². The SMILES string of the molecule is CC(C)COP(=O)(O)OC1CCC(c2ccc(C3=Nc4c(N)ccnc4OC3(C)C)cc2)CC1. The summed E-state index contributed by atoms with van der Waals surface area (Å²) in [6, 6.07) is 10.1. The number of nitrogens with zero attached hydrogens (tertiary/aromatic N) is 2. The molecular formula is C25H34N3O5P. The van der Waals surface area contributed by atoms with E-state index >= 15 is 0 Å². The van der Waals surface area contributed by atoms with E-state index in [1.165, 1.54) is 5.56 Å². The van der Waals surface area contributed by atoms with Crippen molar-refractivity contribution in [1.29, 1.82) is 0 Å². The summed E-state index contributed by atoms with van der Waals surface area (Å²) in [6.07, 6.45) is 4.58. The van der Waals surface area contributed by atoms with Crippen LogP contribution in [0.4, 0.5) is 11.4 Å². The molecule has 2 heterocycles. The van der Waals surface area contributed by atoms with Crippen molar-refractivity contribution in [3.8, 4) is 5.88 Å². The highest BCUT2D eigenvalue weighted by Crippen LogP contribution is 2.48. The predicted molar refractivity (Wildman–Crippen MR) is 133 cm³/mol. The first-order valence-electron chi connectivity index (χ1n) is 11.8. The average Bonchev–Trinajstić information content (AvgIpc) is 2.78. The van der Waals surface area contributed by atoms with Gasteiger partial charge in [0, 0.05) is 11.8 Å². The van der Waals surface area contributed by atoms with Crippen molar-refractivity contribution in [2.24, 2.45) is 10.9 Å². The van der Waals surface area contributed by atoms with Gasteiger partial charge in [-0.05, 0) is 63.0 Å². The Morgan fingerprint density at radius 1 is 1.18 bits per heavy atom. The number of ether oxygens (including phenoxy) is 1. The van der Waals surface area contributed by atoms with E-state index < -0.39 is 13.4 Å². The van der Waals surface area contributed by atoms with Crippen molar-refractivity contribution in [3.05, 3.63) is 47.7 Å². The third kappa shape index (κ3) is 5.69. The van der Waals surface area contributed by atoms with Crippen molar-refractivity contribution >= 4 is 24.9 Å². The largest absolute Gasteiger partial charge is 0.472 e. The van der Waals surface area contributed by atoms with Crippen molar-refractivity contribution in [2.45, 2.75) is 71.0 Å². The highest BCUT2D eigenvalue weighted by molar-refractivity contribution is 7.47. The first-order chi connectivity index (χ1) is 16.0. The Morgan fingerprint density at radius 3 is 2.50 bits per heavy atom. The van der Waals surface area contributed by atoms with Gasteiger partial charge >= 0.3 is 7.82 Å². The average molecular weight is 488 g/mol. The van der Waals surface area contributed by atoms with Gasteiger partial charge in [0.1, 0.15) is 11.3 Å². The molecule has 1 saturated carbocycles. The Balaban J connectivity index is 1.41. The molecule has 4 rings (SSSR count). The fraction of sp³-hybridized carbons (Fsp3) is 0.520. The minimum absolute atomic E-state index is 0.170. The number of aliphatic imine (C=N–C) groups is 1. The Bertz CT molecular complexity index is 1090. The minimum Gasteiger partial charge on any atom is -0.463 e. The molecule has 1 fully saturated rings. The molecular weight excluding hydrogens is 453 g/mol. The van der Waals surface area contributed by atoms with Crippen LogP contribution in [0, 0.1) is 5.92 Å². The second kappa shape index (κ2) is 9.78. The molecule has 8 nitrogen and oxygen atoms in total. The van der Waals surface area contributed by atoms with Gasteiger partial charge in [-0.15, -0.1) is 0 Å². The minimum atomic E-state index is -4.01. The van der Waals surface area contributed by atoms with Crippen LogP contribution in [0.15, 0.2) is 41.5 Å². The zero-order chi connectivity index (χ0) is 24.5. The summed E-state index contributed by atoms with van der Waals surface area (Å²) in [5.41, 5.74) is 9.58. The predicted octanol–water partition coefficient (Wildman–Crippen LogP) is 5.77. The monoisotopic (exact) mass is 487 g/mol. The van der Waals surface area contributed by atoms with Gasteiger partial charge in [-0.2, -0.15) is 0 Å².